The van der Waals surface area contributed by atoms with E-state index in [1.807, 2.05) is 0 Å². The summed E-state index contributed by atoms with van der Waals surface area (Å²) < 4.78 is 0. The third-order valence-electron chi connectivity index (χ3n) is 2.78. The van der Waals surface area contributed by atoms with Crippen LogP contribution < -0.4 is 0 Å². The first-order valence-electron chi connectivity index (χ1n) is 5.30. The second-order valence-corrected chi connectivity index (χ2v) is 6.52. The summed E-state index contributed by atoms with van der Waals surface area (Å²) in [4.78, 5) is 0. The van der Waals surface area contributed by atoms with E-state index < -0.39 is 0 Å². The Labute approximate surface area is 101 Å². The molecule has 1 heterocycles. The highest BCUT2D eigenvalue weighted by atomic mass is 35.5. The molecular weight excluding hydrogens is 228 g/mol. The van der Waals surface area contributed by atoms with Crippen LogP contribution in [0.25, 0.3) is 0 Å². The van der Waals surface area contributed by atoms with Crippen molar-refractivity contribution >= 4 is 22.9 Å². The Balaban J connectivity index is 2.57. The zero-order valence-electron chi connectivity index (χ0n) is 9.88. The Kier molecular flexibility index (Phi) is 4.53. The van der Waals surface area contributed by atoms with E-state index in [1.54, 1.807) is 11.3 Å². The van der Waals surface area contributed by atoms with Crippen molar-refractivity contribution in [2.75, 3.05) is 5.88 Å². The van der Waals surface area contributed by atoms with Gasteiger partial charge >= 0.3 is 0 Å². The van der Waals surface area contributed by atoms with Gasteiger partial charge in [0.1, 0.15) is 10.0 Å². The van der Waals surface area contributed by atoms with E-state index >= 15 is 0 Å². The van der Waals surface area contributed by atoms with Crippen molar-refractivity contribution in [1.82, 2.24) is 10.2 Å². The third-order valence-corrected chi connectivity index (χ3v) is 3.97. The van der Waals surface area contributed by atoms with Crippen molar-refractivity contribution < 1.29 is 0 Å². The molecule has 1 atom stereocenters. The highest BCUT2D eigenvalue weighted by Crippen LogP contribution is 2.29. The first-order valence-corrected chi connectivity index (χ1v) is 6.66. The lowest BCUT2D eigenvalue weighted by molar-refractivity contribution is 0.259. The number of nitrogens with zero attached hydrogens (tertiary/aromatic N) is 2. The molecule has 0 saturated carbocycles. The lowest BCUT2D eigenvalue weighted by Gasteiger charge is -2.26. The molecule has 0 aliphatic rings. The molecule has 0 amide bonds. The van der Waals surface area contributed by atoms with Crippen LogP contribution in [-0.4, -0.2) is 16.1 Å². The number of aromatic nitrogens is 2. The molecule has 0 saturated heterocycles. The molecule has 0 aromatic carbocycles. The van der Waals surface area contributed by atoms with E-state index in [1.165, 1.54) is 0 Å². The molecule has 4 heteroatoms. The van der Waals surface area contributed by atoms with Crippen LogP contribution in [0.4, 0.5) is 0 Å². The summed E-state index contributed by atoms with van der Waals surface area (Å²) in [6.45, 7) is 9.05. The molecule has 0 aliphatic heterocycles. The van der Waals surface area contributed by atoms with E-state index in [2.05, 4.69) is 37.9 Å². The minimum absolute atomic E-state index is 0.332. The van der Waals surface area contributed by atoms with Gasteiger partial charge in [0.15, 0.2) is 0 Å². The predicted molar refractivity (Wildman–Crippen MR) is 66.7 cm³/mol. The summed E-state index contributed by atoms with van der Waals surface area (Å²) >= 11 is 7.36. The minimum Gasteiger partial charge on any atom is -0.144 e. The van der Waals surface area contributed by atoms with Crippen molar-refractivity contribution in [3.8, 4) is 0 Å². The topological polar surface area (TPSA) is 25.8 Å². The van der Waals surface area contributed by atoms with E-state index in [-0.39, 0.29) is 0 Å². The fourth-order valence-electron chi connectivity index (χ4n) is 1.12. The molecule has 0 spiro atoms. The summed E-state index contributed by atoms with van der Waals surface area (Å²) in [5.41, 5.74) is 0.332. The first kappa shape index (κ1) is 12.9. The smallest absolute Gasteiger partial charge is 0.118 e. The van der Waals surface area contributed by atoms with Gasteiger partial charge in [-0.15, -0.1) is 33.1 Å². The summed E-state index contributed by atoms with van der Waals surface area (Å²) in [6, 6.07) is 0. The van der Waals surface area contributed by atoms with Crippen LogP contribution in [-0.2, 0) is 12.8 Å². The number of halogens is 1. The van der Waals surface area contributed by atoms with Crippen molar-refractivity contribution in [2.24, 2.45) is 11.3 Å². The SMILES string of the molecule is CC(Cc1nnc(CCCl)s1)C(C)(C)C. The molecule has 1 rings (SSSR count). The lowest BCUT2D eigenvalue weighted by Crippen LogP contribution is -2.19. The van der Waals surface area contributed by atoms with E-state index in [4.69, 9.17) is 11.6 Å². The normalized spacial score (nSPS) is 14.2. The Hall–Kier alpha value is -0.150. The molecule has 1 aromatic heterocycles. The average molecular weight is 247 g/mol. The van der Waals surface area contributed by atoms with Gasteiger partial charge in [0.05, 0.1) is 0 Å². The molecule has 0 fully saturated rings. The maximum atomic E-state index is 5.66. The molecule has 0 N–H and O–H groups in total. The molecule has 2 nitrogen and oxygen atoms in total. The fraction of sp³-hybridized carbons (Fsp3) is 0.818. The van der Waals surface area contributed by atoms with Crippen molar-refractivity contribution in [1.29, 1.82) is 0 Å². The zero-order valence-corrected chi connectivity index (χ0v) is 11.5. The van der Waals surface area contributed by atoms with Crippen molar-refractivity contribution in [3.63, 3.8) is 0 Å². The van der Waals surface area contributed by atoms with Gasteiger partial charge in [-0.1, -0.05) is 27.7 Å². The van der Waals surface area contributed by atoms with Gasteiger partial charge in [0.2, 0.25) is 0 Å². The molecule has 0 radical (unpaired) electrons. The Bertz CT molecular complexity index is 304. The predicted octanol–water partition coefficient (Wildman–Crippen LogP) is 3.54. The number of rotatable bonds is 4. The Morgan fingerprint density at radius 1 is 1.27 bits per heavy atom. The summed E-state index contributed by atoms with van der Waals surface area (Å²) in [5, 5.41) is 10.5. The van der Waals surface area contributed by atoms with Crippen LogP contribution in [0.3, 0.4) is 0 Å². The van der Waals surface area contributed by atoms with E-state index in [0.717, 1.165) is 22.9 Å². The van der Waals surface area contributed by atoms with Crippen molar-refractivity contribution in [3.05, 3.63) is 10.0 Å². The number of hydrogen-bond acceptors (Lipinski definition) is 3. The quantitative estimate of drug-likeness (QED) is 0.760. The van der Waals surface area contributed by atoms with Gasteiger partial charge in [-0.2, -0.15) is 0 Å². The molecule has 0 aliphatic carbocycles. The standard InChI is InChI=1S/C11H19ClN2S/c1-8(11(2,3)4)7-10-14-13-9(15-10)5-6-12/h8H,5-7H2,1-4H3. The third kappa shape index (κ3) is 4.07. The van der Waals surface area contributed by atoms with Gasteiger partial charge in [0.25, 0.3) is 0 Å². The zero-order chi connectivity index (χ0) is 11.5. The van der Waals surface area contributed by atoms with Crippen molar-refractivity contribution in [2.45, 2.75) is 40.5 Å². The Morgan fingerprint density at radius 2 is 1.87 bits per heavy atom. The minimum atomic E-state index is 0.332. The molecule has 1 aromatic rings. The Morgan fingerprint density at radius 3 is 2.40 bits per heavy atom. The van der Waals surface area contributed by atoms with Gasteiger partial charge in [0, 0.05) is 18.7 Å². The van der Waals surface area contributed by atoms with Crippen LogP contribution in [0, 0.1) is 11.3 Å². The maximum Gasteiger partial charge on any atom is 0.118 e. The van der Waals surface area contributed by atoms with Crippen LogP contribution in [0.5, 0.6) is 0 Å². The van der Waals surface area contributed by atoms with Gasteiger partial charge in [-0.3, -0.25) is 0 Å². The second-order valence-electron chi connectivity index (χ2n) is 5.00. The lowest BCUT2D eigenvalue weighted by atomic mass is 9.80. The second kappa shape index (κ2) is 5.26. The van der Waals surface area contributed by atoms with Gasteiger partial charge in [-0.05, 0) is 11.3 Å². The summed E-state index contributed by atoms with van der Waals surface area (Å²) in [7, 11) is 0. The van der Waals surface area contributed by atoms with Gasteiger partial charge < -0.3 is 0 Å². The summed E-state index contributed by atoms with van der Waals surface area (Å²) in [5.74, 6) is 1.25. The van der Waals surface area contributed by atoms with Crippen LogP contribution in [0.15, 0.2) is 0 Å². The maximum absolute atomic E-state index is 5.66. The highest BCUT2D eigenvalue weighted by Gasteiger charge is 2.21. The fourth-order valence-corrected chi connectivity index (χ4v) is 2.38. The monoisotopic (exact) mass is 246 g/mol. The molecule has 0 bridgehead atoms. The first-order chi connectivity index (χ1) is 6.93. The highest BCUT2D eigenvalue weighted by molar-refractivity contribution is 7.11. The number of alkyl halides is 1. The molecule has 1 unspecified atom stereocenters. The van der Waals surface area contributed by atoms with Gasteiger partial charge in [-0.25, -0.2) is 0 Å². The van der Waals surface area contributed by atoms with E-state index in [9.17, 15) is 0 Å². The molecule has 15 heavy (non-hydrogen) atoms. The van der Waals surface area contributed by atoms with Crippen LogP contribution in [0.1, 0.15) is 37.7 Å². The summed E-state index contributed by atoms with van der Waals surface area (Å²) in [6.07, 6.45) is 1.85. The van der Waals surface area contributed by atoms with Crippen LogP contribution in [0.2, 0.25) is 0 Å². The number of aryl methyl sites for hydroxylation is 1. The molecule has 86 valence electrons. The number of hydrogen-bond donors (Lipinski definition) is 0. The largest absolute Gasteiger partial charge is 0.144 e. The molecular formula is C11H19ClN2S. The van der Waals surface area contributed by atoms with E-state index in [0.29, 0.717) is 17.2 Å². The average Bonchev–Trinajstić information content (AvgIpc) is 2.51. The van der Waals surface area contributed by atoms with Crippen LogP contribution >= 0.6 is 22.9 Å².